The largest absolute Gasteiger partial charge is 0.451 e. The van der Waals surface area contributed by atoms with Gasteiger partial charge in [-0.25, -0.2) is 0 Å². The highest BCUT2D eigenvalue weighted by Crippen LogP contribution is 2.26. The molecular formula is C24H23N3O3. The van der Waals surface area contributed by atoms with Crippen molar-refractivity contribution in [2.75, 3.05) is 13.1 Å². The fourth-order valence-electron chi connectivity index (χ4n) is 4.18. The number of hydrogen-bond acceptors (Lipinski definition) is 5. The molecule has 6 heteroatoms. The van der Waals surface area contributed by atoms with Gasteiger partial charge in [0.25, 0.3) is 5.91 Å². The number of hydrogen-bond donors (Lipinski definition) is 0. The molecule has 30 heavy (non-hydrogen) atoms. The van der Waals surface area contributed by atoms with Gasteiger partial charge in [-0.3, -0.25) is 4.79 Å². The van der Waals surface area contributed by atoms with Gasteiger partial charge in [0.05, 0.1) is 0 Å². The van der Waals surface area contributed by atoms with E-state index in [0.717, 1.165) is 41.5 Å². The number of nitrogens with zero attached hydrogens (tertiary/aromatic N) is 3. The zero-order valence-corrected chi connectivity index (χ0v) is 16.9. The third-order valence-electron chi connectivity index (χ3n) is 5.76. The summed E-state index contributed by atoms with van der Waals surface area (Å²) in [6.45, 7) is 3.44. The first kappa shape index (κ1) is 18.6. The maximum atomic E-state index is 13.0. The first-order valence-corrected chi connectivity index (χ1v) is 10.3. The van der Waals surface area contributed by atoms with Crippen LogP contribution in [0.4, 0.5) is 0 Å². The molecule has 3 heterocycles. The highest BCUT2D eigenvalue weighted by molar-refractivity contribution is 5.96. The minimum atomic E-state index is -0.0537. The van der Waals surface area contributed by atoms with Crippen molar-refractivity contribution >= 4 is 16.9 Å². The van der Waals surface area contributed by atoms with Crippen LogP contribution in [0.25, 0.3) is 22.4 Å². The highest BCUT2D eigenvalue weighted by Gasteiger charge is 2.28. The molecule has 0 aliphatic carbocycles. The van der Waals surface area contributed by atoms with Crippen LogP contribution in [0.5, 0.6) is 0 Å². The number of carbonyl (C=O) groups is 1. The summed E-state index contributed by atoms with van der Waals surface area (Å²) < 4.78 is 11.3. The Balaban J connectivity index is 1.28. The molecule has 5 rings (SSSR count). The van der Waals surface area contributed by atoms with Crippen LogP contribution in [0.3, 0.4) is 0 Å². The lowest BCUT2D eigenvalue weighted by Gasteiger charge is -2.31. The molecule has 0 N–H and O–H groups in total. The van der Waals surface area contributed by atoms with Crippen molar-refractivity contribution < 1.29 is 13.7 Å². The van der Waals surface area contributed by atoms with Gasteiger partial charge < -0.3 is 13.8 Å². The minimum absolute atomic E-state index is 0.0537. The Bertz CT molecular complexity index is 1160. The monoisotopic (exact) mass is 401 g/mol. The lowest BCUT2D eigenvalue weighted by atomic mass is 9.94. The van der Waals surface area contributed by atoms with Crippen molar-refractivity contribution in [1.29, 1.82) is 0 Å². The third-order valence-corrected chi connectivity index (χ3v) is 5.76. The molecule has 0 bridgehead atoms. The molecule has 0 saturated carbocycles. The van der Waals surface area contributed by atoms with Crippen LogP contribution >= 0.6 is 0 Å². The topological polar surface area (TPSA) is 72.4 Å². The van der Waals surface area contributed by atoms with Gasteiger partial charge in [-0.2, -0.15) is 4.98 Å². The predicted molar refractivity (Wildman–Crippen MR) is 113 cm³/mol. The third kappa shape index (κ3) is 3.61. The SMILES string of the molecule is Cc1ccccc1-c1noc(CC2CCCN(C(=O)c3cc4ccccc4o3)C2)n1. The smallest absolute Gasteiger partial charge is 0.289 e. The van der Waals surface area contributed by atoms with E-state index in [-0.39, 0.29) is 11.8 Å². The number of benzene rings is 2. The van der Waals surface area contributed by atoms with Crippen molar-refractivity contribution in [2.24, 2.45) is 5.92 Å². The molecule has 2 aromatic heterocycles. The van der Waals surface area contributed by atoms with Crippen LogP contribution in [0.1, 0.15) is 34.9 Å². The Morgan fingerprint density at radius 2 is 2.00 bits per heavy atom. The number of likely N-dealkylation sites (tertiary alicyclic amines) is 1. The normalized spacial score (nSPS) is 16.8. The van der Waals surface area contributed by atoms with Gasteiger partial charge in [0.2, 0.25) is 11.7 Å². The summed E-state index contributed by atoms with van der Waals surface area (Å²) in [6.07, 6.45) is 2.66. The van der Waals surface area contributed by atoms with Gasteiger partial charge >= 0.3 is 0 Å². The Morgan fingerprint density at radius 3 is 2.87 bits per heavy atom. The lowest BCUT2D eigenvalue weighted by molar-refractivity contribution is 0.0638. The number of aryl methyl sites for hydroxylation is 1. The van der Waals surface area contributed by atoms with E-state index in [1.807, 2.05) is 66.4 Å². The average Bonchev–Trinajstić information content (AvgIpc) is 3.41. The highest BCUT2D eigenvalue weighted by atomic mass is 16.5. The first-order chi connectivity index (χ1) is 14.7. The average molecular weight is 401 g/mol. The number of para-hydroxylation sites is 1. The molecule has 1 fully saturated rings. The van der Waals surface area contributed by atoms with Crippen LogP contribution in [-0.2, 0) is 6.42 Å². The van der Waals surface area contributed by atoms with Crippen LogP contribution in [0.2, 0.25) is 0 Å². The van der Waals surface area contributed by atoms with Crippen LogP contribution in [0.15, 0.2) is 63.5 Å². The first-order valence-electron chi connectivity index (χ1n) is 10.3. The molecule has 1 aliphatic heterocycles. The number of rotatable bonds is 4. The molecule has 1 aliphatic rings. The van der Waals surface area contributed by atoms with E-state index < -0.39 is 0 Å². The zero-order valence-electron chi connectivity index (χ0n) is 16.9. The minimum Gasteiger partial charge on any atom is -0.451 e. The van der Waals surface area contributed by atoms with Gasteiger partial charge in [0.15, 0.2) is 5.76 Å². The van der Waals surface area contributed by atoms with Crippen LogP contribution in [-0.4, -0.2) is 34.0 Å². The van der Waals surface area contributed by atoms with Crippen molar-refractivity contribution in [3.05, 3.63) is 71.8 Å². The van der Waals surface area contributed by atoms with Crippen molar-refractivity contribution in [3.8, 4) is 11.4 Å². The molecule has 2 aromatic carbocycles. The van der Waals surface area contributed by atoms with Crippen molar-refractivity contribution in [1.82, 2.24) is 15.0 Å². The van der Waals surface area contributed by atoms with Gasteiger partial charge in [-0.1, -0.05) is 47.6 Å². The van der Waals surface area contributed by atoms with Gasteiger partial charge in [0, 0.05) is 30.5 Å². The summed E-state index contributed by atoms with van der Waals surface area (Å²) in [7, 11) is 0. The molecule has 1 unspecified atom stereocenters. The van der Waals surface area contributed by atoms with Crippen molar-refractivity contribution in [2.45, 2.75) is 26.2 Å². The van der Waals surface area contributed by atoms with E-state index in [2.05, 4.69) is 10.1 Å². The Morgan fingerprint density at radius 1 is 1.17 bits per heavy atom. The Hall–Kier alpha value is -3.41. The zero-order chi connectivity index (χ0) is 20.5. The Kier molecular flexibility index (Phi) is 4.83. The number of amides is 1. The van der Waals surface area contributed by atoms with Gasteiger partial charge in [-0.05, 0) is 43.4 Å². The van der Waals surface area contributed by atoms with E-state index >= 15 is 0 Å². The van der Waals surface area contributed by atoms with E-state index in [1.54, 1.807) is 0 Å². The van der Waals surface area contributed by atoms with Crippen LogP contribution < -0.4 is 0 Å². The van der Waals surface area contributed by atoms with Crippen LogP contribution in [0, 0.1) is 12.8 Å². The summed E-state index contributed by atoms with van der Waals surface area (Å²) >= 11 is 0. The molecule has 4 aromatic rings. The quantitative estimate of drug-likeness (QED) is 0.487. The number of piperidine rings is 1. The van der Waals surface area contributed by atoms with Gasteiger partial charge in [0.1, 0.15) is 5.58 Å². The van der Waals surface area contributed by atoms with E-state index in [4.69, 9.17) is 8.94 Å². The summed E-state index contributed by atoms with van der Waals surface area (Å²) in [6, 6.07) is 17.5. The Labute approximate surface area is 174 Å². The summed E-state index contributed by atoms with van der Waals surface area (Å²) in [5, 5.41) is 5.11. The summed E-state index contributed by atoms with van der Waals surface area (Å²) in [5.74, 6) is 1.88. The fraction of sp³-hybridized carbons (Fsp3) is 0.292. The maximum Gasteiger partial charge on any atom is 0.289 e. The molecule has 1 atom stereocenters. The number of aromatic nitrogens is 2. The second-order valence-corrected chi connectivity index (χ2v) is 7.94. The number of furan rings is 1. The van der Waals surface area contributed by atoms with Gasteiger partial charge in [-0.15, -0.1) is 0 Å². The maximum absolute atomic E-state index is 13.0. The fourth-order valence-corrected chi connectivity index (χ4v) is 4.18. The van der Waals surface area contributed by atoms with Crippen molar-refractivity contribution in [3.63, 3.8) is 0 Å². The number of fused-ring (bicyclic) bond motifs is 1. The van der Waals surface area contributed by atoms with E-state index in [0.29, 0.717) is 30.4 Å². The van der Waals surface area contributed by atoms with E-state index in [1.165, 1.54) is 0 Å². The molecule has 0 radical (unpaired) electrons. The summed E-state index contributed by atoms with van der Waals surface area (Å²) in [5.41, 5.74) is 2.84. The van der Waals surface area contributed by atoms with E-state index in [9.17, 15) is 4.79 Å². The molecule has 1 saturated heterocycles. The molecule has 1 amide bonds. The molecular weight excluding hydrogens is 378 g/mol. The number of carbonyl (C=O) groups excluding carboxylic acids is 1. The molecule has 0 spiro atoms. The molecule has 152 valence electrons. The second-order valence-electron chi connectivity index (χ2n) is 7.94. The standard InChI is InChI=1S/C24H23N3O3/c1-16-7-2-4-10-19(16)23-25-22(30-26-23)13-17-8-6-12-27(15-17)24(28)21-14-18-9-3-5-11-20(18)29-21/h2-5,7,9-11,14,17H,6,8,12-13,15H2,1H3. The predicted octanol–water partition coefficient (Wildman–Crippen LogP) is 4.89. The second kappa shape index (κ2) is 7.78. The molecule has 6 nitrogen and oxygen atoms in total. The summed E-state index contributed by atoms with van der Waals surface area (Å²) in [4.78, 5) is 19.4. The lowest BCUT2D eigenvalue weighted by Crippen LogP contribution is -2.40.